The Balaban J connectivity index is 1.77. The van der Waals surface area contributed by atoms with Gasteiger partial charge in [0.05, 0.1) is 7.11 Å². The number of benzene rings is 2. The van der Waals surface area contributed by atoms with E-state index in [2.05, 4.69) is 11.4 Å². The van der Waals surface area contributed by atoms with Crippen molar-refractivity contribution in [2.75, 3.05) is 7.11 Å². The summed E-state index contributed by atoms with van der Waals surface area (Å²) >= 11 is 0. The first-order valence-corrected chi connectivity index (χ1v) is 7.53. The van der Waals surface area contributed by atoms with Crippen LogP contribution in [-0.4, -0.2) is 25.0 Å². The summed E-state index contributed by atoms with van der Waals surface area (Å²) < 4.78 is 4.82. The third-order valence-electron chi connectivity index (χ3n) is 4.00. The standard InChI is InChI=1S/C18H19NO3/c1-22-18(21)16(19-17(20)14-8-9-14)11-12-6-7-13-4-2-3-5-15(13)10-12/h2-7,10,14,16H,8-9,11H2,1H3,(H,19,20)/t16-/m1/s1. The molecule has 1 aliphatic rings. The molecule has 1 amide bonds. The molecule has 1 aliphatic carbocycles. The largest absolute Gasteiger partial charge is 0.467 e. The van der Waals surface area contributed by atoms with Crippen molar-refractivity contribution < 1.29 is 14.3 Å². The van der Waals surface area contributed by atoms with Crippen molar-refractivity contribution in [3.05, 3.63) is 48.0 Å². The van der Waals surface area contributed by atoms with E-state index < -0.39 is 12.0 Å². The van der Waals surface area contributed by atoms with Crippen LogP contribution in [0.15, 0.2) is 42.5 Å². The van der Waals surface area contributed by atoms with Gasteiger partial charge in [-0.25, -0.2) is 4.79 Å². The lowest BCUT2D eigenvalue weighted by molar-refractivity contribution is -0.145. The van der Waals surface area contributed by atoms with Crippen molar-refractivity contribution in [3.8, 4) is 0 Å². The van der Waals surface area contributed by atoms with Gasteiger partial charge in [0.25, 0.3) is 0 Å². The molecule has 0 radical (unpaired) electrons. The third kappa shape index (κ3) is 3.27. The molecule has 4 heteroatoms. The molecule has 0 heterocycles. The Morgan fingerprint density at radius 3 is 2.59 bits per heavy atom. The number of carbonyl (C=O) groups is 2. The highest BCUT2D eigenvalue weighted by molar-refractivity contribution is 5.87. The molecule has 0 bridgehead atoms. The van der Waals surface area contributed by atoms with Crippen LogP contribution >= 0.6 is 0 Å². The quantitative estimate of drug-likeness (QED) is 0.863. The van der Waals surface area contributed by atoms with E-state index in [9.17, 15) is 9.59 Å². The molecular weight excluding hydrogens is 278 g/mol. The van der Waals surface area contributed by atoms with Crippen LogP contribution < -0.4 is 5.32 Å². The molecule has 2 aromatic carbocycles. The SMILES string of the molecule is COC(=O)[C@@H](Cc1ccc2ccccc2c1)NC(=O)C1CC1. The van der Waals surface area contributed by atoms with Crippen molar-refractivity contribution >= 4 is 22.6 Å². The van der Waals surface area contributed by atoms with Crippen LogP contribution in [0.25, 0.3) is 10.8 Å². The molecule has 114 valence electrons. The van der Waals surface area contributed by atoms with Gasteiger partial charge in [-0.15, -0.1) is 0 Å². The summed E-state index contributed by atoms with van der Waals surface area (Å²) in [6.45, 7) is 0. The highest BCUT2D eigenvalue weighted by atomic mass is 16.5. The summed E-state index contributed by atoms with van der Waals surface area (Å²) in [6, 6.07) is 13.5. The topological polar surface area (TPSA) is 55.4 Å². The van der Waals surface area contributed by atoms with E-state index in [1.165, 1.54) is 7.11 Å². The summed E-state index contributed by atoms with van der Waals surface area (Å²) in [7, 11) is 1.35. The van der Waals surface area contributed by atoms with Crippen molar-refractivity contribution in [3.63, 3.8) is 0 Å². The Bertz CT molecular complexity index is 706. The van der Waals surface area contributed by atoms with Crippen LogP contribution in [-0.2, 0) is 20.7 Å². The first-order chi connectivity index (χ1) is 10.7. The summed E-state index contributed by atoms with van der Waals surface area (Å²) in [5.74, 6) is -0.373. The van der Waals surface area contributed by atoms with E-state index in [1.54, 1.807) is 0 Å². The fourth-order valence-electron chi connectivity index (χ4n) is 2.57. The number of hydrogen-bond donors (Lipinski definition) is 1. The van der Waals surface area contributed by atoms with Gasteiger partial charge in [-0.1, -0.05) is 42.5 Å². The molecule has 0 saturated heterocycles. The van der Waals surface area contributed by atoms with Crippen LogP contribution in [0.3, 0.4) is 0 Å². The lowest BCUT2D eigenvalue weighted by Crippen LogP contribution is -2.43. The van der Waals surface area contributed by atoms with E-state index in [0.717, 1.165) is 29.2 Å². The van der Waals surface area contributed by atoms with Crippen molar-refractivity contribution in [1.82, 2.24) is 5.32 Å². The van der Waals surface area contributed by atoms with Gasteiger partial charge in [-0.2, -0.15) is 0 Å². The van der Waals surface area contributed by atoms with Crippen LogP contribution in [0.4, 0.5) is 0 Å². The van der Waals surface area contributed by atoms with Gasteiger partial charge in [-0.3, -0.25) is 4.79 Å². The van der Waals surface area contributed by atoms with E-state index in [1.807, 2.05) is 36.4 Å². The number of carbonyl (C=O) groups excluding carboxylic acids is 2. The van der Waals surface area contributed by atoms with Crippen molar-refractivity contribution in [1.29, 1.82) is 0 Å². The highest BCUT2D eigenvalue weighted by Crippen LogP contribution is 2.29. The number of nitrogens with one attached hydrogen (secondary N) is 1. The Hall–Kier alpha value is -2.36. The maximum absolute atomic E-state index is 11.9. The van der Waals surface area contributed by atoms with Gasteiger partial charge >= 0.3 is 5.97 Å². The fraction of sp³-hybridized carbons (Fsp3) is 0.333. The minimum Gasteiger partial charge on any atom is -0.467 e. The van der Waals surface area contributed by atoms with Gasteiger partial charge in [0.2, 0.25) is 5.91 Å². The van der Waals surface area contributed by atoms with E-state index in [-0.39, 0.29) is 11.8 Å². The maximum atomic E-state index is 11.9. The summed E-state index contributed by atoms with van der Waals surface area (Å²) in [5, 5.41) is 5.09. The van der Waals surface area contributed by atoms with E-state index >= 15 is 0 Å². The van der Waals surface area contributed by atoms with Crippen LogP contribution in [0.1, 0.15) is 18.4 Å². The molecule has 1 saturated carbocycles. The van der Waals surface area contributed by atoms with Gasteiger partial charge < -0.3 is 10.1 Å². The van der Waals surface area contributed by atoms with Gasteiger partial charge in [0, 0.05) is 12.3 Å². The number of ether oxygens (including phenoxy) is 1. The second-order valence-corrected chi connectivity index (χ2v) is 5.74. The summed E-state index contributed by atoms with van der Waals surface area (Å²) in [5.41, 5.74) is 1.00. The molecule has 1 N–H and O–H groups in total. The lowest BCUT2D eigenvalue weighted by Gasteiger charge is -2.16. The molecule has 1 atom stereocenters. The minimum atomic E-state index is -0.626. The number of fused-ring (bicyclic) bond motifs is 1. The molecule has 3 rings (SSSR count). The lowest BCUT2D eigenvalue weighted by atomic mass is 10.0. The number of hydrogen-bond acceptors (Lipinski definition) is 3. The molecule has 1 fully saturated rings. The normalized spacial score (nSPS) is 15.3. The predicted octanol–water partition coefficient (Wildman–Crippen LogP) is 2.45. The molecule has 0 spiro atoms. The van der Waals surface area contributed by atoms with Gasteiger partial charge in [0.15, 0.2) is 0 Å². The smallest absolute Gasteiger partial charge is 0.328 e. The number of esters is 1. The maximum Gasteiger partial charge on any atom is 0.328 e. The first kappa shape index (κ1) is 14.6. The Kier molecular flexibility index (Phi) is 4.09. The van der Waals surface area contributed by atoms with Crippen molar-refractivity contribution in [2.24, 2.45) is 5.92 Å². The van der Waals surface area contributed by atoms with Crippen LogP contribution in [0.5, 0.6) is 0 Å². The van der Waals surface area contributed by atoms with Gasteiger partial charge in [0.1, 0.15) is 6.04 Å². The molecule has 0 unspecified atom stereocenters. The van der Waals surface area contributed by atoms with Crippen LogP contribution in [0.2, 0.25) is 0 Å². The van der Waals surface area contributed by atoms with E-state index in [0.29, 0.717) is 6.42 Å². The van der Waals surface area contributed by atoms with Crippen LogP contribution in [0, 0.1) is 5.92 Å². The fourth-order valence-corrected chi connectivity index (χ4v) is 2.57. The van der Waals surface area contributed by atoms with Gasteiger partial charge in [-0.05, 0) is 29.2 Å². The third-order valence-corrected chi connectivity index (χ3v) is 4.00. The van der Waals surface area contributed by atoms with Crippen molar-refractivity contribution in [2.45, 2.75) is 25.3 Å². The zero-order chi connectivity index (χ0) is 15.5. The summed E-state index contributed by atoms with van der Waals surface area (Å²) in [6.07, 6.45) is 2.27. The predicted molar refractivity (Wildman–Crippen MR) is 84.3 cm³/mol. The molecule has 22 heavy (non-hydrogen) atoms. The Morgan fingerprint density at radius 1 is 1.18 bits per heavy atom. The molecule has 2 aromatic rings. The molecule has 0 aromatic heterocycles. The van der Waals surface area contributed by atoms with E-state index in [4.69, 9.17) is 4.74 Å². The highest BCUT2D eigenvalue weighted by Gasteiger charge is 2.32. The zero-order valence-electron chi connectivity index (χ0n) is 12.5. The summed E-state index contributed by atoms with van der Waals surface area (Å²) in [4.78, 5) is 23.8. The number of rotatable bonds is 5. The Morgan fingerprint density at radius 2 is 1.91 bits per heavy atom. The first-order valence-electron chi connectivity index (χ1n) is 7.53. The zero-order valence-corrected chi connectivity index (χ0v) is 12.5. The molecular formula is C18H19NO3. The number of methoxy groups -OCH3 is 1. The second-order valence-electron chi connectivity index (χ2n) is 5.74. The number of amides is 1. The molecule has 0 aliphatic heterocycles. The Labute approximate surface area is 129 Å². The average molecular weight is 297 g/mol. The monoisotopic (exact) mass is 297 g/mol. The minimum absolute atomic E-state index is 0.0452. The molecule has 4 nitrogen and oxygen atoms in total. The average Bonchev–Trinajstić information content (AvgIpc) is 3.38. The second kappa shape index (κ2) is 6.18.